The number of ether oxygens (including phenoxy) is 1. The number of carbonyl (C=O) groups excluding carboxylic acids is 2. The molecule has 32 heavy (non-hydrogen) atoms. The SMILES string of the molecule is COc1ccc(CCC(=O)N2CCC[C@H](c3ccc(C(=O)N4CCCC4)cn3)C2)cc1C. The summed E-state index contributed by atoms with van der Waals surface area (Å²) in [6, 6.07) is 9.97. The van der Waals surface area contributed by atoms with Gasteiger partial charge >= 0.3 is 0 Å². The van der Waals surface area contributed by atoms with E-state index in [-0.39, 0.29) is 17.7 Å². The highest BCUT2D eigenvalue weighted by Gasteiger charge is 2.26. The average Bonchev–Trinajstić information content (AvgIpc) is 3.37. The number of likely N-dealkylation sites (tertiary alicyclic amines) is 2. The third kappa shape index (κ3) is 5.12. The Hall–Kier alpha value is -2.89. The molecule has 6 heteroatoms. The molecule has 1 aromatic heterocycles. The van der Waals surface area contributed by atoms with Crippen molar-refractivity contribution in [1.29, 1.82) is 0 Å². The molecule has 1 aromatic carbocycles. The summed E-state index contributed by atoms with van der Waals surface area (Å²) in [6.07, 6.45) is 7.12. The summed E-state index contributed by atoms with van der Waals surface area (Å²) < 4.78 is 5.32. The van der Waals surface area contributed by atoms with Crippen molar-refractivity contribution in [3.63, 3.8) is 0 Å². The standard InChI is InChI=1S/C26H33N3O3/c1-19-16-20(7-11-24(19)32-2)8-12-25(30)29-15-5-6-22(18-29)23-10-9-21(17-27-23)26(31)28-13-3-4-14-28/h7,9-11,16-17,22H,3-6,8,12-15,18H2,1-2H3/t22-/m0/s1. The first-order chi connectivity index (χ1) is 15.5. The Labute approximate surface area is 190 Å². The second-order valence-electron chi connectivity index (χ2n) is 8.95. The zero-order valence-corrected chi connectivity index (χ0v) is 19.2. The van der Waals surface area contributed by atoms with Crippen molar-refractivity contribution >= 4 is 11.8 Å². The van der Waals surface area contributed by atoms with Crippen molar-refractivity contribution in [3.8, 4) is 5.75 Å². The van der Waals surface area contributed by atoms with Crippen molar-refractivity contribution in [2.75, 3.05) is 33.3 Å². The summed E-state index contributed by atoms with van der Waals surface area (Å²) in [5.74, 6) is 1.38. The fourth-order valence-corrected chi connectivity index (χ4v) is 4.83. The second-order valence-corrected chi connectivity index (χ2v) is 8.95. The van der Waals surface area contributed by atoms with Crippen LogP contribution in [-0.4, -0.2) is 59.9 Å². The average molecular weight is 436 g/mol. The molecule has 170 valence electrons. The van der Waals surface area contributed by atoms with Crippen LogP contribution in [-0.2, 0) is 11.2 Å². The maximum absolute atomic E-state index is 12.9. The number of aryl methyl sites for hydroxylation is 2. The number of aromatic nitrogens is 1. The van der Waals surface area contributed by atoms with Gasteiger partial charge in [0.2, 0.25) is 5.91 Å². The summed E-state index contributed by atoms with van der Waals surface area (Å²) in [4.78, 5) is 33.9. The minimum absolute atomic E-state index is 0.0794. The summed E-state index contributed by atoms with van der Waals surface area (Å²) in [5.41, 5.74) is 3.89. The monoisotopic (exact) mass is 435 g/mol. The molecule has 0 spiro atoms. The number of carbonyl (C=O) groups is 2. The van der Waals surface area contributed by atoms with Gasteiger partial charge in [0.25, 0.3) is 5.91 Å². The van der Waals surface area contributed by atoms with Crippen LogP contribution in [0.2, 0.25) is 0 Å². The molecule has 3 heterocycles. The summed E-state index contributed by atoms with van der Waals surface area (Å²) in [7, 11) is 1.67. The second kappa shape index (κ2) is 10.2. The molecule has 0 N–H and O–H groups in total. The number of amides is 2. The molecule has 6 nitrogen and oxygen atoms in total. The number of benzene rings is 1. The van der Waals surface area contributed by atoms with Gasteiger partial charge in [0.05, 0.1) is 12.7 Å². The van der Waals surface area contributed by atoms with E-state index in [1.165, 1.54) is 0 Å². The normalized spacial score (nSPS) is 18.6. The van der Waals surface area contributed by atoms with Crippen molar-refractivity contribution in [2.45, 2.75) is 51.4 Å². The Bertz CT molecular complexity index is 951. The van der Waals surface area contributed by atoms with E-state index >= 15 is 0 Å². The van der Waals surface area contributed by atoms with E-state index in [1.807, 2.05) is 41.0 Å². The molecular weight excluding hydrogens is 402 g/mol. The van der Waals surface area contributed by atoms with Gasteiger partial charge in [-0.25, -0.2) is 0 Å². The van der Waals surface area contributed by atoms with E-state index in [0.29, 0.717) is 18.5 Å². The number of pyridine rings is 1. The number of methoxy groups -OCH3 is 1. The van der Waals surface area contributed by atoms with Crippen molar-refractivity contribution < 1.29 is 14.3 Å². The lowest BCUT2D eigenvalue weighted by Gasteiger charge is -2.32. The van der Waals surface area contributed by atoms with Crippen LogP contribution in [0.4, 0.5) is 0 Å². The molecule has 4 rings (SSSR count). The predicted octanol–water partition coefficient (Wildman–Crippen LogP) is 3.97. The van der Waals surface area contributed by atoms with Crippen LogP contribution in [0.5, 0.6) is 5.75 Å². The van der Waals surface area contributed by atoms with Crippen LogP contribution in [0.3, 0.4) is 0 Å². The first-order valence-electron chi connectivity index (χ1n) is 11.7. The minimum Gasteiger partial charge on any atom is -0.496 e. The highest BCUT2D eigenvalue weighted by atomic mass is 16.5. The van der Waals surface area contributed by atoms with Gasteiger partial charge in [0, 0.05) is 50.4 Å². The number of hydrogen-bond acceptors (Lipinski definition) is 4. The third-order valence-electron chi connectivity index (χ3n) is 6.71. The van der Waals surface area contributed by atoms with Gasteiger partial charge in [-0.05, 0) is 68.4 Å². The van der Waals surface area contributed by atoms with E-state index in [2.05, 4.69) is 11.1 Å². The molecule has 0 aliphatic carbocycles. The lowest BCUT2D eigenvalue weighted by Crippen LogP contribution is -2.39. The first-order valence-corrected chi connectivity index (χ1v) is 11.7. The van der Waals surface area contributed by atoms with E-state index in [4.69, 9.17) is 4.74 Å². The largest absolute Gasteiger partial charge is 0.496 e. The third-order valence-corrected chi connectivity index (χ3v) is 6.71. The fourth-order valence-electron chi connectivity index (χ4n) is 4.83. The molecule has 2 saturated heterocycles. The molecular formula is C26H33N3O3. The highest BCUT2D eigenvalue weighted by Crippen LogP contribution is 2.27. The van der Waals surface area contributed by atoms with Crippen LogP contribution in [0.15, 0.2) is 36.5 Å². The van der Waals surface area contributed by atoms with E-state index in [1.54, 1.807) is 13.3 Å². The Morgan fingerprint density at radius 2 is 1.84 bits per heavy atom. The fraction of sp³-hybridized carbons (Fsp3) is 0.500. The lowest BCUT2D eigenvalue weighted by molar-refractivity contribution is -0.132. The molecule has 2 amide bonds. The van der Waals surface area contributed by atoms with Crippen LogP contribution in [0.1, 0.15) is 65.2 Å². The molecule has 0 radical (unpaired) electrons. The molecule has 0 unspecified atom stereocenters. The molecule has 2 aliphatic heterocycles. The molecule has 2 fully saturated rings. The number of hydrogen-bond donors (Lipinski definition) is 0. The topological polar surface area (TPSA) is 62.7 Å². The van der Waals surface area contributed by atoms with Gasteiger partial charge in [-0.15, -0.1) is 0 Å². The first kappa shape index (κ1) is 22.3. The Morgan fingerprint density at radius 3 is 2.53 bits per heavy atom. The Morgan fingerprint density at radius 1 is 1.06 bits per heavy atom. The molecule has 2 aliphatic rings. The van der Waals surface area contributed by atoms with Crippen LogP contribution in [0, 0.1) is 6.92 Å². The maximum Gasteiger partial charge on any atom is 0.255 e. The van der Waals surface area contributed by atoms with Crippen molar-refractivity contribution in [2.24, 2.45) is 0 Å². The summed E-state index contributed by atoms with van der Waals surface area (Å²) in [6.45, 7) is 5.22. The van der Waals surface area contributed by atoms with E-state index in [0.717, 1.165) is 74.3 Å². The van der Waals surface area contributed by atoms with Crippen molar-refractivity contribution in [3.05, 3.63) is 58.9 Å². The van der Waals surface area contributed by atoms with Gasteiger partial charge in [0.15, 0.2) is 0 Å². The van der Waals surface area contributed by atoms with Crippen LogP contribution < -0.4 is 4.74 Å². The maximum atomic E-state index is 12.9. The molecule has 2 aromatic rings. The quantitative estimate of drug-likeness (QED) is 0.689. The molecule has 1 atom stereocenters. The molecule has 0 saturated carbocycles. The zero-order valence-electron chi connectivity index (χ0n) is 19.2. The zero-order chi connectivity index (χ0) is 22.5. The smallest absolute Gasteiger partial charge is 0.255 e. The van der Waals surface area contributed by atoms with E-state index < -0.39 is 0 Å². The van der Waals surface area contributed by atoms with Gasteiger partial charge in [-0.1, -0.05) is 12.1 Å². The van der Waals surface area contributed by atoms with Gasteiger partial charge in [0.1, 0.15) is 5.75 Å². The predicted molar refractivity (Wildman–Crippen MR) is 124 cm³/mol. The Balaban J connectivity index is 1.33. The number of rotatable bonds is 6. The highest BCUT2D eigenvalue weighted by molar-refractivity contribution is 5.94. The number of nitrogens with zero attached hydrogens (tertiary/aromatic N) is 3. The summed E-state index contributed by atoms with van der Waals surface area (Å²) in [5, 5.41) is 0. The lowest BCUT2D eigenvalue weighted by atomic mass is 9.93. The Kier molecular flexibility index (Phi) is 7.08. The van der Waals surface area contributed by atoms with Gasteiger partial charge in [-0.3, -0.25) is 14.6 Å². The van der Waals surface area contributed by atoms with Gasteiger partial charge in [-0.2, -0.15) is 0 Å². The number of piperidine rings is 1. The van der Waals surface area contributed by atoms with Crippen molar-refractivity contribution in [1.82, 2.24) is 14.8 Å². The summed E-state index contributed by atoms with van der Waals surface area (Å²) >= 11 is 0. The van der Waals surface area contributed by atoms with Gasteiger partial charge < -0.3 is 14.5 Å². The minimum atomic E-state index is 0.0794. The van der Waals surface area contributed by atoms with E-state index in [9.17, 15) is 9.59 Å². The van der Waals surface area contributed by atoms with Crippen LogP contribution >= 0.6 is 0 Å². The molecule has 0 bridgehead atoms. The van der Waals surface area contributed by atoms with Crippen LogP contribution in [0.25, 0.3) is 0 Å².